The zero-order valence-corrected chi connectivity index (χ0v) is 16.1. The standard InChI is InChI=1S/C22H28N2O3/c1-17(16-26-2)24-21(25)22(8-11-27-12-9-22)14-18-5-3-6-19(13-18)20-7-4-10-23-15-20/h3-7,10,13,15,17H,8-9,11-12,14,16H2,1-2H3,(H,24,25)/t17-/m0/s1. The SMILES string of the molecule is COC[C@H](C)NC(=O)C1(Cc2cccc(-c3cccnc3)c2)CCOCC1. The van der Waals surface area contributed by atoms with Crippen molar-refractivity contribution in [1.82, 2.24) is 10.3 Å². The summed E-state index contributed by atoms with van der Waals surface area (Å²) in [6.45, 7) is 3.72. The van der Waals surface area contributed by atoms with Crippen LogP contribution in [0.2, 0.25) is 0 Å². The molecule has 0 saturated carbocycles. The molecule has 5 nitrogen and oxygen atoms in total. The molecule has 1 fully saturated rings. The summed E-state index contributed by atoms with van der Waals surface area (Å²) in [5, 5.41) is 3.13. The molecule has 144 valence electrons. The number of pyridine rings is 1. The van der Waals surface area contributed by atoms with Crippen molar-refractivity contribution in [2.45, 2.75) is 32.2 Å². The van der Waals surface area contributed by atoms with Crippen molar-refractivity contribution >= 4 is 5.91 Å². The predicted octanol–water partition coefficient (Wildman–Crippen LogP) is 3.24. The van der Waals surface area contributed by atoms with Crippen molar-refractivity contribution in [2.75, 3.05) is 26.9 Å². The third-order valence-corrected chi connectivity index (χ3v) is 5.19. The minimum absolute atomic E-state index is 0.0102. The van der Waals surface area contributed by atoms with E-state index in [2.05, 4.69) is 40.6 Å². The van der Waals surface area contributed by atoms with E-state index < -0.39 is 5.41 Å². The second-order valence-electron chi connectivity index (χ2n) is 7.34. The maximum Gasteiger partial charge on any atom is 0.227 e. The van der Waals surface area contributed by atoms with E-state index in [-0.39, 0.29) is 11.9 Å². The molecule has 0 spiro atoms. The smallest absolute Gasteiger partial charge is 0.227 e. The molecule has 0 aliphatic carbocycles. The van der Waals surface area contributed by atoms with Crippen LogP contribution < -0.4 is 5.32 Å². The molecule has 0 bridgehead atoms. The van der Waals surface area contributed by atoms with Crippen LogP contribution in [0.15, 0.2) is 48.8 Å². The molecule has 1 aromatic heterocycles. The molecular formula is C22H28N2O3. The molecule has 1 aliphatic rings. The van der Waals surface area contributed by atoms with E-state index in [0.29, 0.717) is 26.2 Å². The van der Waals surface area contributed by atoms with Crippen LogP contribution in [-0.4, -0.2) is 43.9 Å². The van der Waals surface area contributed by atoms with Crippen LogP contribution in [0.5, 0.6) is 0 Å². The average molecular weight is 368 g/mol. The number of carbonyl (C=O) groups is 1. The first-order valence-corrected chi connectivity index (χ1v) is 9.50. The van der Waals surface area contributed by atoms with E-state index in [0.717, 1.165) is 29.5 Å². The second kappa shape index (κ2) is 9.11. The molecule has 0 unspecified atom stereocenters. The predicted molar refractivity (Wildman–Crippen MR) is 105 cm³/mol. The molecular weight excluding hydrogens is 340 g/mol. The van der Waals surface area contributed by atoms with Crippen molar-refractivity contribution in [3.63, 3.8) is 0 Å². The highest BCUT2D eigenvalue weighted by Crippen LogP contribution is 2.35. The van der Waals surface area contributed by atoms with Crippen LogP contribution in [-0.2, 0) is 20.7 Å². The van der Waals surface area contributed by atoms with Crippen molar-refractivity contribution in [3.05, 3.63) is 54.4 Å². The molecule has 1 saturated heterocycles. The number of ether oxygens (including phenoxy) is 2. The van der Waals surface area contributed by atoms with Crippen molar-refractivity contribution in [3.8, 4) is 11.1 Å². The molecule has 2 aromatic rings. The van der Waals surface area contributed by atoms with E-state index in [1.165, 1.54) is 0 Å². The number of nitrogens with one attached hydrogen (secondary N) is 1. The van der Waals surface area contributed by atoms with Gasteiger partial charge in [-0.2, -0.15) is 0 Å². The summed E-state index contributed by atoms with van der Waals surface area (Å²) in [5.41, 5.74) is 2.93. The van der Waals surface area contributed by atoms with Crippen molar-refractivity contribution in [1.29, 1.82) is 0 Å². The van der Waals surface area contributed by atoms with Gasteiger partial charge in [-0.3, -0.25) is 9.78 Å². The number of aromatic nitrogens is 1. The summed E-state index contributed by atoms with van der Waals surface area (Å²) in [4.78, 5) is 17.3. The summed E-state index contributed by atoms with van der Waals surface area (Å²) in [6.07, 6.45) is 5.81. The third kappa shape index (κ3) is 4.93. The maximum atomic E-state index is 13.1. The molecule has 1 aromatic carbocycles. The lowest BCUT2D eigenvalue weighted by atomic mass is 9.74. The Morgan fingerprint density at radius 1 is 1.26 bits per heavy atom. The third-order valence-electron chi connectivity index (χ3n) is 5.19. The molecule has 1 amide bonds. The Hall–Kier alpha value is -2.24. The number of hydrogen-bond donors (Lipinski definition) is 1. The molecule has 1 aliphatic heterocycles. The molecule has 5 heteroatoms. The number of amides is 1. The Balaban J connectivity index is 1.81. The van der Waals surface area contributed by atoms with E-state index >= 15 is 0 Å². The molecule has 0 radical (unpaired) electrons. The zero-order valence-electron chi connectivity index (χ0n) is 16.1. The van der Waals surface area contributed by atoms with Crippen molar-refractivity contribution < 1.29 is 14.3 Å². The Labute approximate surface area is 161 Å². The summed E-state index contributed by atoms with van der Waals surface area (Å²) >= 11 is 0. The van der Waals surface area contributed by atoms with Gasteiger partial charge in [0.15, 0.2) is 0 Å². The Kier molecular flexibility index (Phi) is 6.58. The lowest BCUT2D eigenvalue weighted by Crippen LogP contribution is -2.49. The summed E-state index contributed by atoms with van der Waals surface area (Å²) < 4.78 is 10.7. The van der Waals surface area contributed by atoms with Gasteiger partial charge in [0.25, 0.3) is 0 Å². The second-order valence-corrected chi connectivity index (χ2v) is 7.34. The quantitative estimate of drug-likeness (QED) is 0.815. The summed E-state index contributed by atoms with van der Waals surface area (Å²) in [5.74, 6) is 0.0992. The topological polar surface area (TPSA) is 60.5 Å². The Morgan fingerprint density at radius 2 is 2.04 bits per heavy atom. The minimum Gasteiger partial charge on any atom is -0.383 e. The summed E-state index contributed by atoms with van der Waals surface area (Å²) in [6, 6.07) is 12.4. The fourth-order valence-electron chi connectivity index (χ4n) is 3.70. The van der Waals surface area contributed by atoms with Gasteiger partial charge in [-0.1, -0.05) is 30.3 Å². The van der Waals surface area contributed by atoms with E-state index in [4.69, 9.17) is 9.47 Å². The lowest BCUT2D eigenvalue weighted by molar-refractivity contribution is -0.137. The maximum absolute atomic E-state index is 13.1. The van der Waals surface area contributed by atoms with Crippen LogP contribution >= 0.6 is 0 Å². The minimum atomic E-state index is -0.437. The highest BCUT2D eigenvalue weighted by atomic mass is 16.5. The van der Waals surface area contributed by atoms with Crippen LogP contribution in [0, 0.1) is 5.41 Å². The van der Waals surface area contributed by atoms with Crippen LogP contribution in [0.4, 0.5) is 0 Å². The molecule has 3 rings (SSSR count). The van der Waals surface area contributed by atoms with Gasteiger partial charge >= 0.3 is 0 Å². The summed E-state index contributed by atoms with van der Waals surface area (Å²) in [7, 11) is 1.65. The number of rotatable bonds is 7. The highest BCUT2D eigenvalue weighted by molar-refractivity contribution is 5.83. The van der Waals surface area contributed by atoms with Gasteiger partial charge in [0.1, 0.15) is 0 Å². The van der Waals surface area contributed by atoms with Crippen LogP contribution in [0.1, 0.15) is 25.3 Å². The number of hydrogen-bond acceptors (Lipinski definition) is 4. The van der Waals surface area contributed by atoms with Gasteiger partial charge in [0.05, 0.1) is 12.0 Å². The number of carbonyl (C=O) groups excluding carboxylic acids is 1. The lowest BCUT2D eigenvalue weighted by Gasteiger charge is -2.37. The Morgan fingerprint density at radius 3 is 2.74 bits per heavy atom. The first kappa shape index (κ1) is 19.5. The molecule has 1 N–H and O–H groups in total. The first-order chi connectivity index (χ1) is 13.1. The number of benzene rings is 1. The van der Waals surface area contributed by atoms with Crippen LogP contribution in [0.25, 0.3) is 11.1 Å². The normalized spacial score (nSPS) is 17.3. The zero-order chi connectivity index (χ0) is 19.1. The molecule has 1 atom stereocenters. The van der Waals surface area contributed by atoms with Gasteiger partial charge in [-0.15, -0.1) is 0 Å². The largest absolute Gasteiger partial charge is 0.383 e. The highest BCUT2D eigenvalue weighted by Gasteiger charge is 2.40. The van der Waals surface area contributed by atoms with Gasteiger partial charge in [-0.05, 0) is 48.9 Å². The van der Waals surface area contributed by atoms with Gasteiger partial charge < -0.3 is 14.8 Å². The van der Waals surface area contributed by atoms with E-state index in [9.17, 15) is 4.79 Å². The van der Waals surface area contributed by atoms with Crippen LogP contribution in [0.3, 0.4) is 0 Å². The molecule has 2 heterocycles. The van der Waals surface area contributed by atoms with Gasteiger partial charge in [0.2, 0.25) is 5.91 Å². The van der Waals surface area contributed by atoms with Crippen molar-refractivity contribution in [2.24, 2.45) is 5.41 Å². The Bertz CT molecular complexity index is 742. The average Bonchev–Trinajstić information content (AvgIpc) is 2.70. The first-order valence-electron chi connectivity index (χ1n) is 9.50. The van der Waals surface area contributed by atoms with E-state index in [1.54, 1.807) is 13.3 Å². The van der Waals surface area contributed by atoms with Gasteiger partial charge in [-0.25, -0.2) is 0 Å². The monoisotopic (exact) mass is 368 g/mol. The molecule has 27 heavy (non-hydrogen) atoms. The number of methoxy groups -OCH3 is 1. The number of nitrogens with zero attached hydrogens (tertiary/aromatic N) is 1. The fraction of sp³-hybridized carbons (Fsp3) is 0.455. The fourth-order valence-corrected chi connectivity index (χ4v) is 3.70. The van der Waals surface area contributed by atoms with E-state index in [1.807, 2.05) is 19.2 Å². The van der Waals surface area contributed by atoms with Gasteiger partial charge in [0, 0.05) is 38.8 Å².